The third-order valence-electron chi connectivity index (χ3n) is 7.21. The first-order chi connectivity index (χ1) is 15.4. The summed E-state index contributed by atoms with van der Waals surface area (Å²) in [7, 11) is -3.54. The molecule has 5 nitrogen and oxygen atoms in total. The van der Waals surface area contributed by atoms with Crippen LogP contribution in [0, 0.1) is 17.2 Å². The summed E-state index contributed by atoms with van der Waals surface area (Å²) < 4.78 is 33.9. The Hall–Kier alpha value is -2.62. The monoisotopic (exact) mass is 448 g/mol. The molecule has 0 spiro atoms. The maximum atomic E-state index is 12.9. The molecule has 0 aliphatic heterocycles. The molecule has 0 N–H and O–H groups in total. The van der Waals surface area contributed by atoms with Gasteiger partial charge in [0.25, 0.3) is 0 Å². The number of hydrogen-bond donors (Lipinski definition) is 0. The lowest BCUT2D eigenvalue weighted by Gasteiger charge is -2.44. The molecule has 0 saturated heterocycles. The SMILES string of the molecule is CS(=O)(=O)n1c2ccccc2cc1[C@]1(OCC2CC2)CC[C@@](C#N)(c2ccccc2)CC1. The number of nitrogens with zero attached hydrogens (tertiary/aromatic N) is 2. The molecule has 0 amide bonds. The molecular formula is C26H28N2O3S. The number of fused-ring (bicyclic) bond motifs is 1. The maximum absolute atomic E-state index is 12.9. The topological polar surface area (TPSA) is 72.1 Å². The fraction of sp³-hybridized carbons (Fsp3) is 0.423. The minimum absolute atomic E-state index is 0.555. The van der Waals surface area contributed by atoms with E-state index in [-0.39, 0.29) is 0 Å². The van der Waals surface area contributed by atoms with Crippen molar-refractivity contribution < 1.29 is 13.2 Å². The fourth-order valence-corrected chi connectivity index (χ4v) is 6.24. The largest absolute Gasteiger partial charge is 0.368 e. The summed E-state index contributed by atoms with van der Waals surface area (Å²) in [6.07, 6.45) is 6.05. The Balaban J connectivity index is 1.60. The number of benzene rings is 2. The van der Waals surface area contributed by atoms with Crippen LogP contribution in [0.2, 0.25) is 0 Å². The Morgan fingerprint density at radius 1 is 1.03 bits per heavy atom. The molecule has 0 radical (unpaired) electrons. The highest BCUT2D eigenvalue weighted by atomic mass is 32.2. The predicted octanol–water partition coefficient (Wildman–Crippen LogP) is 5.11. The summed E-state index contributed by atoms with van der Waals surface area (Å²) in [5.41, 5.74) is 1.11. The van der Waals surface area contributed by atoms with Crippen LogP contribution in [0.1, 0.15) is 49.8 Å². The highest BCUT2D eigenvalue weighted by Gasteiger charge is 2.48. The minimum Gasteiger partial charge on any atom is -0.368 e. The van der Waals surface area contributed by atoms with Gasteiger partial charge in [0.05, 0.1) is 35.6 Å². The Kier molecular flexibility index (Phi) is 5.15. The van der Waals surface area contributed by atoms with E-state index in [4.69, 9.17) is 4.74 Å². The van der Waals surface area contributed by atoms with Crippen LogP contribution in [0.3, 0.4) is 0 Å². The second-order valence-corrected chi connectivity index (χ2v) is 11.3. The lowest BCUT2D eigenvalue weighted by Crippen LogP contribution is -2.43. The molecule has 0 bridgehead atoms. The lowest BCUT2D eigenvalue weighted by atomic mass is 9.65. The summed E-state index contributed by atoms with van der Waals surface area (Å²) in [6.45, 7) is 0.635. The van der Waals surface area contributed by atoms with Gasteiger partial charge in [-0.15, -0.1) is 0 Å². The van der Waals surface area contributed by atoms with E-state index < -0.39 is 21.0 Å². The van der Waals surface area contributed by atoms with E-state index in [0.717, 1.165) is 23.8 Å². The molecule has 5 rings (SSSR count). The second kappa shape index (κ2) is 7.75. The van der Waals surface area contributed by atoms with Crippen LogP contribution in [0.5, 0.6) is 0 Å². The van der Waals surface area contributed by atoms with Crippen LogP contribution in [-0.2, 0) is 25.8 Å². The van der Waals surface area contributed by atoms with E-state index in [1.165, 1.54) is 10.2 Å². The van der Waals surface area contributed by atoms with Gasteiger partial charge < -0.3 is 4.74 Å². The number of hydrogen-bond acceptors (Lipinski definition) is 4. The first kappa shape index (κ1) is 21.2. The Morgan fingerprint density at radius 2 is 1.69 bits per heavy atom. The zero-order chi connectivity index (χ0) is 22.4. The molecule has 2 aliphatic rings. The molecule has 1 aromatic heterocycles. The highest BCUT2D eigenvalue weighted by molar-refractivity contribution is 7.89. The number of ether oxygens (including phenoxy) is 1. The van der Waals surface area contributed by atoms with Gasteiger partial charge in [0.2, 0.25) is 10.0 Å². The van der Waals surface area contributed by atoms with Crippen molar-refractivity contribution in [2.24, 2.45) is 5.92 Å². The van der Waals surface area contributed by atoms with Gasteiger partial charge in [-0.2, -0.15) is 5.26 Å². The summed E-state index contributed by atoms with van der Waals surface area (Å²) in [5.74, 6) is 0.555. The van der Waals surface area contributed by atoms with Crippen LogP contribution in [0.25, 0.3) is 10.9 Å². The second-order valence-electron chi connectivity index (χ2n) is 9.42. The third-order valence-corrected chi connectivity index (χ3v) is 8.27. The van der Waals surface area contributed by atoms with Gasteiger partial charge in [0.15, 0.2) is 0 Å². The highest BCUT2D eigenvalue weighted by Crippen LogP contribution is 2.50. The quantitative estimate of drug-likeness (QED) is 0.525. The van der Waals surface area contributed by atoms with E-state index in [9.17, 15) is 13.7 Å². The van der Waals surface area contributed by atoms with Crippen LogP contribution in [0.4, 0.5) is 0 Å². The summed E-state index contributed by atoms with van der Waals surface area (Å²) >= 11 is 0. The molecule has 32 heavy (non-hydrogen) atoms. The zero-order valence-electron chi connectivity index (χ0n) is 18.3. The molecule has 1 heterocycles. The van der Waals surface area contributed by atoms with Gasteiger partial charge >= 0.3 is 0 Å². The standard InChI is InChI=1S/C26H28N2O3S/c1-32(29,30)28-23-10-6-5-7-21(23)17-24(28)26(31-18-20-11-12-20)15-13-25(19-27,14-16-26)22-8-3-2-4-9-22/h2-10,17,20H,11-16,18H2,1H3/t25-,26+. The van der Waals surface area contributed by atoms with Crippen molar-refractivity contribution in [1.82, 2.24) is 3.97 Å². The minimum atomic E-state index is -3.54. The predicted molar refractivity (Wildman–Crippen MR) is 125 cm³/mol. The maximum Gasteiger partial charge on any atom is 0.236 e. The molecule has 2 fully saturated rings. The Bertz CT molecular complexity index is 1280. The fourth-order valence-electron chi connectivity index (χ4n) is 5.14. The van der Waals surface area contributed by atoms with E-state index >= 15 is 0 Å². The molecule has 6 heteroatoms. The van der Waals surface area contributed by atoms with E-state index in [1.54, 1.807) is 0 Å². The van der Waals surface area contributed by atoms with Crippen molar-refractivity contribution in [2.75, 3.05) is 12.9 Å². The molecule has 2 aromatic carbocycles. The van der Waals surface area contributed by atoms with Crippen LogP contribution in [0.15, 0.2) is 60.7 Å². The number of aromatic nitrogens is 1. The van der Waals surface area contributed by atoms with Gasteiger partial charge in [0.1, 0.15) is 5.60 Å². The van der Waals surface area contributed by atoms with E-state index in [1.807, 2.05) is 60.7 Å². The van der Waals surface area contributed by atoms with Crippen molar-refractivity contribution in [2.45, 2.75) is 49.5 Å². The average Bonchev–Trinajstić information content (AvgIpc) is 3.55. The van der Waals surface area contributed by atoms with Crippen LogP contribution >= 0.6 is 0 Å². The summed E-state index contributed by atoms with van der Waals surface area (Å²) in [6, 6.07) is 22.1. The Labute approximate surface area is 189 Å². The van der Waals surface area contributed by atoms with Crippen molar-refractivity contribution in [3.63, 3.8) is 0 Å². The molecule has 2 saturated carbocycles. The van der Waals surface area contributed by atoms with E-state index in [0.29, 0.717) is 49.4 Å². The van der Waals surface area contributed by atoms with Crippen molar-refractivity contribution >= 4 is 20.9 Å². The summed E-state index contributed by atoms with van der Waals surface area (Å²) in [4.78, 5) is 0. The molecule has 2 aliphatic carbocycles. The van der Waals surface area contributed by atoms with Gasteiger partial charge in [-0.1, -0.05) is 48.5 Å². The molecule has 0 atom stereocenters. The van der Waals surface area contributed by atoms with Gasteiger partial charge in [-0.25, -0.2) is 12.4 Å². The molecular weight excluding hydrogens is 420 g/mol. The smallest absolute Gasteiger partial charge is 0.236 e. The number of nitriles is 1. The van der Waals surface area contributed by atoms with Gasteiger partial charge in [-0.05, 0) is 62.1 Å². The van der Waals surface area contributed by atoms with Crippen molar-refractivity contribution in [3.8, 4) is 6.07 Å². The molecule has 0 unspecified atom stereocenters. The molecule has 3 aromatic rings. The van der Waals surface area contributed by atoms with Crippen molar-refractivity contribution in [1.29, 1.82) is 5.26 Å². The number of para-hydroxylation sites is 1. The van der Waals surface area contributed by atoms with Crippen molar-refractivity contribution in [3.05, 3.63) is 71.9 Å². The first-order valence-corrected chi connectivity index (χ1v) is 13.1. The average molecular weight is 449 g/mol. The van der Waals surface area contributed by atoms with Gasteiger partial charge in [-0.3, -0.25) is 0 Å². The first-order valence-electron chi connectivity index (χ1n) is 11.3. The summed E-state index contributed by atoms with van der Waals surface area (Å²) in [5, 5.41) is 11.1. The van der Waals surface area contributed by atoms with Gasteiger partial charge in [0, 0.05) is 5.39 Å². The zero-order valence-corrected chi connectivity index (χ0v) is 19.1. The molecule has 166 valence electrons. The van der Waals surface area contributed by atoms with E-state index in [2.05, 4.69) is 6.07 Å². The normalized spacial score (nSPS) is 26.1. The number of rotatable bonds is 6. The van der Waals surface area contributed by atoms with Crippen LogP contribution < -0.4 is 0 Å². The van der Waals surface area contributed by atoms with Crippen LogP contribution in [-0.4, -0.2) is 25.3 Å². The Morgan fingerprint density at radius 3 is 2.31 bits per heavy atom. The third kappa shape index (κ3) is 3.64. The lowest BCUT2D eigenvalue weighted by molar-refractivity contribution is -0.0911.